The summed E-state index contributed by atoms with van der Waals surface area (Å²) in [6.45, 7) is -0.340. The van der Waals surface area contributed by atoms with Gasteiger partial charge in [0.25, 0.3) is 5.91 Å². The fourth-order valence-corrected chi connectivity index (χ4v) is 3.28. The van der Waals surface area contributed by atoms with Gasteiger partial charge in [0.2, 0.25) is 5.91 Å². The van der Waals surface area contributed by atoms with Gasteiger partial charge in [0.15, 0.2) is 0 Å². The fraction of sp³-hybridized carbons (Fsp3) is 0.227. The minimum absolute atomic E-state index is 0.200. The first kappa shape index (κ1) is 24.0. The van der Waals surface area contributed by atoms with Gasteiger partial charge >= 0.3 is 6.18 Å². The van der Waals surface area contributed by atoms with Crippen molar-refractivity contribution in [2.75, 3.05) is 5.32 Å². The number of aromatic nitrogens is 3. The molecule has 8 nitrogen and oxygen atoms in total. The summed E-state index contributed by atoms with van der Waals surface area (Å²) in [5.41, 5.74) is -3.46. The summed E-state index contributed by atoms with van der Waals surface area (Å²) in [6.07, 6.45) is -0.474. The van der Waals surface area contributed by atoms with Crippen molar-refractivity contribution in [1.29, 1.82) is 0 Å². The molecule has 0 bridgehead atoms. The molecule has 2 amide bonds. The second-order valence-corrected chi connectivity index (χ2v) is 7.79. The lowest BCUT2D eigenvalue weighted by atomic mass is 10.1. The molecule has 1 aromatic carbocycles. The van der Waals surface area contributed by atoms with Crippen LogP contribution in [0, 0.1) is 11.6 Å². The number of hydrogen-bond donors (Lipinski definition) is 3. The predicted molar refractivity (Wildman–Crippen MR) is 112 cm³/mol. The van der Waals surface area contributed by atoms with Crippen molar-refractivity contribution in [3.05, 3.63) is 77.4 Å². The Hall–Kier alpha value is -4.16. The largest absolute Gasteiger partial charge is 0.418 e. The fourth-order valence-electron chi connectivity index (χ4n) is 3.28. The first-order valence-corrected chi connectivity index (χ1v) is 10.2. The number of carbonyl (C=O) groups excluding carboxylic acids is 2. The van der Waals surface area contributed by atoms with Gasteiger partial charge in [-0.25, -0.2) is 8.78 Å². The molecule has 0 radical (unpaired) electrons. The molecule has 0 unspecified atom stereocenters. The molecule has 13 heteroatoms. The second-order valence-electron chi connectivity index (χ2n) is 7.79. The second kappa shape index (κ2) is 9.24. The number of carbonyl (C=O) groups is 2. The summed E-state index contributed by atoms with van der Waals surface area (Å²) in [5, 5.41) is 14.5. The summed E-state index contributed by atoms with van der Waals surface area (Å²) < 4.78 is 68.0. The van der Waals surface area contributed by atoms with Crippen LogP contribution in [0.2, 0.25) is 0 Å². The third-order valence-corrected chi connectivity index (χ3v) is 5.31. The van der Waals surface area contributed by atoms with Crippen LogP contribution in [0.3, 0.4) is 0 Å². The Bertz CT molecular complexity index is 1260. The van der Waals surface area contributed by atoms with Gasteiger partial charge < -0.3 is 16.0 Å². The van der Waals surface area contributed by atoms with E-state index in [0.717, 1.165) is 24.4 Å². The summed E-state index contributed by atoms with van der Waals surface area (Å²) >= 11 is 0. The Balaban J connectivity index is 1.41. The highest BCUT2D eigenvalue weighted by Gasteiger charge is 2.51. The Morgan fingerprint density at radius 3 is 2.43 bits per heavy atom. The zero-order valence-corrected chi connectivity index (χ0v) is 17.8. The standard InChI is InChI=1S/C22H17F5N6O2/c23-15-3-1-2-14(22(25,26)27)18(15)32-13-8-16(24)17(28-10-13)11-29-20(35)21(5-6-21)33-19(34)12-4-7-30-31-9-12/h1-4,7-10,32H,5-6,11H2,(H,29,35)(H,33,34). The van der Waals surface area contributed by atoms with Gasteiger partial charge in [0, 0.05) is 6.07 Å². The molecule has 0 saturated heterocycles. The van der Waals surface area contributed by atoms with Crippen molar-refractivity contribution in [3.8, 4) is 0 Å². The van der Waals surface area contributed by atoms with Crippen LogP contribution >= 0.6 is 0 Å². The molecule has 1 aliphatic carbocycles. The third kappa shape index (κ3) is 5.34. The van der Waals surface area contributed by atoms with E-state index < -0.39 is 46.4 Å². The summed E-state index contributed by atoms with van der Waals surface area (Å²) in [7, 11) is 0. The normalized spacial score (nSPS) is 14.2. The SMILES string of the molecule is O=C(NC1(C(=O)NCc2ncc(Nc3c(F)cccc3C(F)(F)F)cc2F)CC1)c1ccnnc1. The van der Waals surface area contributed by atoms with E-state index >= 15 is 0 Å². The average molecular weight is 492 g/mol. The first-order chi connectivity index (χ1) is 16.6. The quantitative estimate of drug-likeness (QED) is 0.436. The topological polar surface area (TPSA) is 109 Å². The number of nitrogens with one attached hydrogen (secondary N) is 3. The summed E-state index contributed by atoms with van der Waals surface area (Å²) in [5.74, 6) is -3.16. The smallest absolute Gasteiger partial charge is 0.351 e. The van der Waals surface area contributed by atoms with Crippen LogP contribution in [0.15, 0.2) is 48.9 Å². The maximum atomic E-state index is 14.5. The molecule has 0 atom stereocenters. The number of amides is 2. The average Bonchev–Trinajstić information content (AvgIpc) is 3.60. The van der Waals surface area contributed by atoms with Gasteiger partial charge in [-0.05, 0) is 31.0 Å². The summed E-state index contributed by atoms with van der Waals surface area (Å²) in [6, 6.07) is 4.72. The van der Waals surface area contributed by atoms with Crippen LogP contribution in [0.5, 0.6) is 0 Å². The molecular formula is C22H17F5N6O2. The van der Waals surface area contributed by atoms with Crippen molar-refractivity contribution in [3.63, 3.8) is 0 Å². The van der Waals surface area contributed by atoms with Gasteiger partial charge in [-0.15, -0.1) is 0 Å². The Kier molecular flexibility index (Phi) is 6.33. The molecule has 3 aromatic rings. The lowest BCUT2D eigenvalue weighted by Crippen LogP contribution is -2.48. The van der Waals surface area contributed by atoms with Gasteiger partial charge in [-0.2, -0.15) is 23.4 Å². The molecule has 4 rings (SSSR count). The van der Waals surface area contributed by atoms with E-state index in [2.05, 4.69) is 31.1 Å². The molecule has 1 saturated carbocycles. The minimum atomic E-state index is -4.83. The van der Waals surface area contributed by atoms with Crippen molar-refractivity contribution >= 4 is 23.2 Å². The van der Waals surface area contributed by atoms with Crippen molar-refractivity contribution in [1.82, 2.24) is 25.8 Å². The van der Waals surface area contributed by atoms with E-state index in [1.54, 1.807) is 0 Å². The molecule has 1 fully saturated rings. The van der Waals surface area contributed by atoms with Crippen LogP contribution in [0.4, 0.5) is 33.3 Å². The number of alkyl halides is 3. The zero-order valence-electron chi connectivity index (χ0n) is 17.8. The van der Waals surface area contributed by atoms with Crippen LogP contribution in [-0.2, 0) is 17.5 Å². The predicted octanol–water partition coefficient (Wildman–Crippen LogP) is 3.49. The first-order valence-electron chi connectivity index (χ1n) is 10.2. The highest BCUT2D eigenvalue weighted by molar-refractivity contribution is 6.00. The van der Waals surface area contributed by atoms with Crippen LogP contribution in [0.25, 0.3) is 0 Å². The molecule has 0 spiro atoms. The van der Waals surface area contributed by atoms with E-state index in [1.165, 1.54) is 18.5 Å². The Morgan fingerprint density at radius 1 is 1.03 bits per heavy atom. The van der Waals surface area contributed by atoms with Crippen LogP contribution in [0.1, 0.15) is 34.5 Å². The molecule has 0 aliphatic heterocycles. The number of benzene rings is 1. The number of para-hydroxylation sites is 1. The zero-order chi connectivity index (χ0) is 25.2. The number of anilines is 2. The maximum Gasteiger partial charge on any atom is 0.418 e. The summed E-state index contributed by atoms with van der Waals surface area (Å²) in [4.78, 5) is 28.7. The Morgan fingerprint density at radius 2 is 1.80 bits per heavy atom. The molecule has 182 valence electrons. The van der Waals surface area contributed by atoms with E-state index in [0.29, 0.717) is 18.9 Å². The molecule has 3 N–H and O–H groups in total. The van der Waals surface area contributed by atoms with Gasteiger partial charge in [0.1, 0.15) is 17.2 Å². The van der Waals surface area contributed by atoms with Crippen LogP contribution < -0.4 is 16.0 Å². The van der Waals surface area contributed by atoms with Gasteiger partial charge in [0.05, 0.1) is 53.3 Å². The lowest BCUT2D eigenvalue weighted by Gasteiger charge is -2.17. The maximum absolute atomic E-state index is 14.5. The van der Waals surface area contributed by atoms with Gasteiger partial charge in [-0.1, -0.05) is 6.07 Å². The number of halogens is 5. The van der Waals surface area contributed by atoms with E-state index in [1.807, 2.05) is 0 Å². The van der Waals surface area contributed by atoms with Crippen LogP contribution in [-0.4, -0.2) is 32.5 Å². The lowest BCUT2D eigenvalue weighted by molar-refractivity contribution is -0.137. The van der Waals surface area contributed by atoms with Crippen molar-refractivity contribution in [2.45, 2.75) is 31.1 Å². The molecule has 2 heterocycles. The molecular weight excluding hydrogens is 475 g/mol. The highest BCUT2D eigenvalue weighted by atomic mass is 19.4. The van der Waals surface area contributed by atoms with Gasteiger partial charge in [-0.3, -0.25) is 14.6 Å². The molecule has 35 heavy (non-hydrogen) atoms. The highest BCUT2D eigenvalue weighted by Crippen LogP contribution is 2.38. The number of nitrogens with zero attached hydrogens (tertiary/aromatic N) is 3. The third-order valence-electron chi connectivity index (χ3n) is 5.31. The molecule has 1 aliphatic rings. The number of pyridine rings is 1. The van der Waals surface area contributed by atoms with Crippen molar-refractivity contribution < 1.29 is 31.5 Å². The monoisotopic (exact) mass is 492 g/mol. The molecule has 2 aromatic heterocycles. The van der Waals surface area contributed by atoms with Crippen molar-refractivity contribution in [2.24, 2.45) is 0 Å². The van der Waals surface area contributed by atoms with E-state index in [9.17, 15) is 31.5 Å². The Labute approximate surface area is 195 Å². The number of rotatable bonds is 7. The van der Waals surface area contributed by atoms with E-state index in [4.69, 9.17) is 0 Å². The van der Waals surface area contributed by atoms with E-state index in [-0.39, 0.29) is 23.5 Å². The minimum Gasteiger partial charge on any atom is -0.351 e. The number of hydrogen-bond acceptors (Lipinski definition) is 6.